The van der Waals surface area contributed by atoms with Crippen LogP contribution in [0, 0.1) is 11.6 Å². The van der Waals surface area contributed by atoms with Gasteiger partial charge in [-0.25, -0.2) is 8.78 Å². The van der Waals surface area contributed by atoms with Crippen molar-refractivity contribution in [2.45, 2.75) is 13.0 Å². The van der Waals surface area contributed by atoms with Crippen molar-refractivity contribution in [1.82, 2.24) is 10.2 Å². The second kappa shape index (κ2) is 10.2. The van der Waals surface area contributed by atoms with E-state index in [1.165, 1.54) is 18.2 Å². The molecule has 0 amide bonds. The summed E-state index contributed by atoms with van der Waals surface area (Å²) in [5, 5.41) is 3.21. The van der Waals surface area contributed by atoms with Crippen molar-refractivity contribution >= 4 is 29.9 Å². The van der Waals surface area contributed by atoms with Gasteiger partial charge < -0.3 is 10.2 Å². The van der Waals surface area contributed by atoms with Gasteiger partial charge in [-0.1, -0.05) is 30.3 Å². The maximum atomic E-state index is 13.6. The Hall–Kier alpha value is -1.70. The highest BCUT2D eigenvalue weighted by Gasteiger charge is 2.07. The van der Waals surface area contributed by atoms with Gasteiger partial charge in [-0.2, -0.15) is 0 Å². The fourth-order valence-corrected chi connectivity index (χ4v) is 2.33. The monoisotopic (exact) mass is 445 g/mol. The van der Waals surface area contributed by atoms with Crippen LogP contribution in [-0.2, 0) is 13.0 Å². The number of nitrogens with one attached hydrogen (secondary N) is 1. The van der Waals surface area contributed by atoms with Gasteiger partial charge in [-0.3, -0.25) is 4.99 Å². The van der Waals surface area contributed by atoms with Crippen LogP contribution in [0.2, 0.25) is 0 Å². The van der Waals surface area contributed by atoms with E-state index in [4.69, 9.17) is 0 Å². The van der Waals surface area contributed by atoms with E-state index < -0.39 is 0 Å². The first-order valence-electron chi connectivity index (χ1n) is 7.50. The lowest BCUT2D eigenvalue weighted by atomic mass is 10.1. The highest BCUT2D eigenvalue weighted by molar-refractivity contribution is 14.0. The zero-order valence-corrected chi connectivity index (χ0v) is 16.1. The second-order valence-electron chi connectivity index (χ2n) is 5.30. The lowest BCUT2D eigenvalue weighted by Gasteiger charge is -2.22. The molecule has 130 valence electrons. The predicted octanol–water partition coefficient (Wildman–Crippen LogP) is 3.83. The van der Waals surface area contributed by atoms with Gasteiger partial charge in [-0.15, -0.1) is 24.0 Å². The summed E-state index contributed by atoms with van der Waals surface area (Å²) in [6.45, 7) is 1.20. The van der Waals surface area contributed by atoms with Crippen LogP contribution >= 0.6 is 24.0 Å². The van der Waals surface area contributed by atoms with Crippen molar-refractivity contribution in [3.63, 3.8) is 0 Å². The average Bonchev–Trinajstić information content (AvgIpc) is 2.55. The van der Waals surface area contributed by atoms with Crippen LogP contribution in [0.1, 0.15) is 11.1 Å². The standard InChI is InChI=1S/C18H21F2N3.HI/c1-21-18(22-12-11-15-5-3-4-6-17(15)20)23(2)13-14-7-9-16(19)10-8-14;/h3-10H,11-13H2,1-2H3,(H,21,22);1H. The van der Waals surface area contributed by atoms with E-state index in [1.54, 1.807) is 31.3 Å². The van der Waals surface area contributed by atoms with E-state index in [0.717, 1.165) is 5.56 Å². The average molecular weight is 445 g/mol. The normalized spacial score (nSPS) is 10.9. The minimum Gasteiger partial charge on any atom is -0.356 e. The molecule has 0 aliphatic carbocycles. The molecule has 0 saturated carbocycles. The summed E-state index contributed by atoms with van der Waals surface area (Å²) in [4.78, 5) is 6.16. The molecule has 0 fully saturated rings. The Labute approximate surface area is 158 Å². The fraction of sp³-hybridized carbons (Fsp3) is 0.278. The predicted molar refractivity (Wildman–Crippen MR) is 105 cm³/mol. The molecule has 3 nitrogen and oxygen atoms in total. The Balaban J connectivity index is 0.00000288. The number of guanidine groups is 1. The molecule has 2 aromatic carbocycles. The molecule has 2 aromatic rings. The van der Waals surface area contributed by atoms with Gasteiger partial charge in [-0.05, 0) is 35.7 Å². The van der Waals surface area contributed by atoms with Gasteiger partial charge in [0.15, 0.2) is 5.96 Å². The van der Waals surface area contributed by atoms with Crippen LogP contribution in [0.15, 0.2) is 53.5 Å². The zero-order valence-electron chi connectivity index (χ0n) is 13.8. The van der Waals surface area contributed by atoms with Crippen molar-refractivity contribution in [3.8, 4) is 0 Å². The SMILES string of the molecule is CN=C(NCCc1ccccc1F)N(C)Cc1ccc(F)cc1.I. The molecule has 0 aliphatic rings. The van der Waals surface area contributed by atoms with Gasteiger partial charge in [0.2, 0.25) is 0 Å². The molecule has 0 bridgehead atoms. The fourth-order valence-electron chi connectivity index (χ4n) is 2.33. The Morgan fingerprint density at radius 2 is 1.75 bits per heavy atom. The van der Waals surface area contributed by atoms with E-state index in [1.807, 2.05) is 18.0 Å². The number of hydrogen-bond acceptors (Lipinski definition) is 1. The molecule has 0 spiro atoms. The quantitative estimate of drug-likeness (QED) is 0.431. The molecule has 0 unspecified atom stereocenters. The molecule has 0 aromatic heterocycles. The third-order valence-corrected chi connectivity index (χ3v) is 3.54. The number of aliphatic imine (C=N–C) groups is 1. The molecule has 0 atom stereocenters. The van der Waals surface area contributed by atoms with Crippen molar-refractivity contribution in [1.29, 1.82) is 0 Å². The molecule has 6 heteroatoms. The Morgan fingerprint density at radius 3 is 2.38 bits per heavy atom. The summed E-state index contributed by atoms with van der Waals surface area (Å²) in [6, 6.07) is 13.1. The second-order valence-corrected chi connectivity index (χ2v) is 5.30. The van der Waals surface area contributed by atoms with Gasteiger partial charge >= 0.3 is 0 Å². The summed E-state index contributed by atoms with van der Waals surface area (Å²) >= 11 is 0. The minimum absolute atomic E-state index is 0. The smallest absolute Gasteiger partial charge is 0.193 e. The van der Waals surface area contributed by atoms with Crippen molar-refractivity contribution in [3.05, 3.63) is 71.3 Å². The van der Waals surface area contributed by atoms with E-state index in [2.05, 4.69) is 10.3 Å². The summed E-state index contributed by atoms with van der Waals surface area (Å²) < 4.78 is 26.5. The van der Waals surface area contributed by atoms with Gasteiger partial charge in [0.05, 0.1) is 0 Å². The van der Waals surface area contributed by atoms with Gasteiger partial charge in [0.25, 0.3) is 0 Å². The Morgan fingerprint density at radius 1 is 1.08 bits per heavy atom. The highest BCUT2D eigenvalue weighted by atomic mass is 127. The molecule has 1 N–H and O–H groups in total. The Bertz CT molecular complexity index is 660. The summed E-state index contributed by atoms with van der Waals surface area (Å²) in [5.41, 5.74) is 1.67. The first kappa shape index (κ1) is 20.3. The van der Waals surface area contributed by atoms with Crippen LogP contribution in [-0.4, -0.2) is 31.5 Å². The van der Waals surface area contributed by atoms with Crippen LogP contribution < -0.4 is 5.32 Å². The van der Waals surface area contributed by atoms with Crippen molar-refractivity contribution in [2.24, 2.45) is 4.99 Å². The van der Waals surface area contributed by atoms with E-state index in [0.29, 0.717) is 31.0 Å². The van der Waals surface area contributed by atoms with Gasteiger partial charge in [0, 0.05) is 27.2 Å². The van der Waals surface area contributed by atoms with Crippen molar-refractivity contribution < 1.29 is 8.78 Å². The third kappa shape index (κ3) is 6.07. The first-order valence-corrected chi connectivity index (χ1v) is 7.50. The molecule has 0 radical (unpaired) electrons. The molecule has 2 rings (SSSR count). The largest absolute Gasteiger partial charge is 0.356 e. The molecule has 0 saturated heterocycles. The topological polar surface area (TPSA) is 27.6 Å². The number of hydrogen-bond donors (Lipinski definition) is 1. The maximum Gasteiger partial charge on any atom is 0.193 e. The van der Waals surface area contributed by atoms with Crippen LogP contribution in [0.4, 0.5) is 8.78 Å². The molecule has 24 heavy (non-hydrogen) atoms. The number of halogens is 3. The van der Waals surface area contributed by atoms with E-state index >= 15 is 0 Å². The van der Waals surface area contributed by atoms with Crippen LogP contribution in [0.3, 0.4) is 0 Å². The molecular weight excluding hydrogens is 423 g/mol. The number of benzene rings is 2. The summed E-state index contributed by atoms with van der Waals surface area (Å²) in [7, 11) is 3.61. The van der Waals surface area contributed by atoms with Crippen LogP contribution in [0.25, 0.3) is 0 Å². The van der Waals surface area contributed by atoms with Crippen molar-refractivity contribution in [2.75, 3.05) is 20.6 Å². The first-order chi connectivity index (χ1) is 11.1. The molecule has 0 aliphatic heterocycles. The van der Waals surface area contributed by atoms with E-state index in [-0.39, 0.29) is 35.6 Å². The Kier molecular flexibility index (Phi) is 8.67. The highest BCUT2D eigenvalue weighted by Crippen LogP contribution is 2.07. The molecule has 0 heterocycles. The number of rotatable bonds is 5. The summed E-state index contributed by atoms with van der Waals surface area (Å²) in [6.07, 6.45) is 0.579. The van der Waals surface area contributed by atoms with Crippen LogP contribution in [0.5, 0.6) is 0 Å². The zero-order chi connectivity index (χ0) is 16.7. The molecular formula is C18H22F2IN3. The minimum atomic E-state index is -0.246. The maximum absolute atomic E-state index is 13.6. The third-order valence-electron chi connectivity index (χ3n) is 3.54. The van der Waals surface area contributed by atoms with Gasteiger partial charge in [0.1, 0.15) is 11.6 Å². The number of nitrogens with zero attached hydrogens (tertiary/aromatic N) is 2. The lowest BCUT2D eigenvalue weighted by Crippen LogP contribution is -2.39. The summed E-state index contributed by atoms with van der Waals surface area (Å²) in [5.74, 6) is 0.276. The van der Waals surface area contributed by atoms with E-state index in [9.17, 15) is 8.78 Å². The lowest BCUT2D eigenvalue weighted by molar-refractivity contribution is 0.476.